The summed E-state index contributed by atoms with van der Waals surface area (Å²) in [4.78, 5) is 73.0. The molecule has 0 amide bonds. The van der Waals surface area contributed by atoms with Crippen molar-refractivity contribution in [2.24, 2.45) is 11.8 Å². The summed E-state index contributed by atoms with van der Waals surface area (Å²) in [6.07, 6.45) is 61.1. The Morgan fingerprint density at radius 3 is 0.768 bits per heavy atom. The molecule has 19 heteroatoms. The Kier molecular flexibility index (Phi) is 70.3. The van der Waals surface area contributed by atoms with Crippen LogP contribution in [-0.4, -0.2) is 96.7 Å². The number of rotatable bonds is 79. The average Bonchev–Trinajstić information content (AvgIpc) is 1.15. The lowest BCUT2D eigenvalue weighted by atomic mass is 9.99. The quantitative estimate of drug-likeness (QED) is 0.0222. The van der Waals surface area contributed by atoms with Gasteiger partial charge < -0.3 is 33.8 Å². The van der Waals surface area contributed by atoms with Crippen LogP contribution in [0.5, 0.6) is 0 Å². The van der Waals surface area contributed by atoms with Gasteiger partial charge in [0.15, 0.2) is 12.2 Å². The number of carbonyl (C=O) groups is 4. The molecule has 0 bridgehead atoms. The molecular weight excluding hydrogens is 1290 g/mol. The van der Waals surface area contributed by atoms with Crippen molar-refractivity contribution in [2.45, 2.75) is 439 Å². The highest BCUT2D eigenvalue weighted by atomic mass is 31.2. The van der Waals surface area contributed by atoms with Crippen molar-refractivity contribution >= 4 is 39.5 Å². The molecule has 0 aliphatic rings. The molecule has 3 unspecified atom stereocenters. The lowest BCUT2D eigenvalue weighted by Crippen LogP contribution is -2.30. The number of ether oxygens (including phenoxy) is 4. The number of hydrogen-bond donors (Lipinski definition) is 3. The van der Waals surface area contributed by atoms with Crippen molar-refractivity contribution in [1.29, 1.82) is 0 Å². The fourth-order valence-corrected chi connectivity index (χ4v) is 13.9. The number of esters is 4. The highest BCUT2D eigenvalue weighted by Crippen LogP contribution is 2.45. The number of phosphoric acid groups is 2. The molecule has 6 atom stereocenters. The van der Waals surface area contributed by atoms with Crippen LogP contribution in [0.25, 0.3) is 0 Å². The zero-order valence-electron chi connectivity index (χ0n) is 64.8. The maximum Gasteiger partial charge on any atom is 0.472 e. The molecule has 3 N–H and O–H groups in total. The third-order valence-electron chi connectivity index (χ3n) is 19.1. The first-order valence-corrected chi connectivity index (χ1v) is 44.5. The van der Waals surface area contributed by atoms with E-state index in [1.165, 1.54) is 238 Å². The molecule has 0 radical (unpaired) electrons. The Morgan fingerprint density at radius 1 is 0.293 bits per heavy atom. The van der Waals surface area contributed by atoms with Gasteiger partial charge in [0.25, 0.3) is 0 Å². The monoisotopic (exact) mass is 1450 g/mol. The van der Waals surface area contributed by atoms with Crippen LogP contribution in [0.3, 0.4) is 0 Å². The second-order valence-corrected chi connectivity index (χ2v) is 32.4. The van der Waals surface area contributed by atoms with Gasteiger partial charge >= 0.3 is 39.5 Å². The van der Waals surface area contributed by atoms with Crippen molar-refractivity contribution in [1.82, 2.24) is 0 Å². The fourth-order valence-electron chi connectivity index (χ4n) is 12.3. The Labute approximate surface area is 607 Å². The third-order valence-corrected chi connectivity index (χ3v) is 21.0. The summed E-state index contributed by atoms with van der Waals surface area (Å²) in [6, 6.07) is 0. The molecule has 0 aliphatic carbocycles. The Morgan fingerprint density at radius 2 is 0.515 bits per heavy atom. The lowest BCUT2D eigenvalue weighted by molar-refractivity contribution is -0.161. The molecule has 0 heterocycles. The number of unbranched alkanes of at least 4 members (excludes halogenated alkanes) is 48. The summed E-state index contributed by atoms with van der Waals surface area (Å²) in [5, 5.41) is 10.6. The van der Waals surface area contributed by atoms with Crippen LogP contribution in [0.15, 0.2) is 0 Å². The van der Waals surface area contributed by atoms with Crippen molar-refractivity contribution in [2.75, 3.05) is 39.6 Å². The van der Waals surface area contributed by atoms with Crippen LogP contribution in [0.2, 0.25) is 0 Å². The highest BCUT2D eigenvalue weighted by molar-refractivity contribution is 7.47. The fraction of sp³-hybridized carbons (Fsp3) is 0.950. The highest BCUT2D eigenvalue weighted by Gasteiger charge is 2.30. The summed E-state index contributed by atoms with van der Waals surface area (Å²) in [7, 11) is -9.92. The topological polar surface area (TPSA) is 237 Å². The first-order chi connectivity index (χ1) is 47.9. The zero-order valence-corrected chi connectivity index (χ0v) is 66.6. The van der Waals surface area contributed by atoms with E-state index in [9.17, 15) is 43.2 Å². The van der Waals surface area contributed by atoms with E-state index in [2.05, 4.69) is 41.5 Å². The van der Waals surface area contributed by atoms with E-state index in [4.69, 9.17) is 37.0 Å². The van der Waals surface area contributed by atoms with E-state index in [1.807, 2.05) is 0 Å². The Hall–Kier alpha value is -1.94. The number of aliphatic hydroxyl groups is 1. The molecule has 99 heavy (non-hydrogen) atoms. The first-order valence-electron chi connectivity index (χ1n) is 41.5. The third kappa shape index (κ3) is 72.8. The van der Waals surface area contributed by atoms with Crippen LogP contribution < -0.4 is 0 Å². The number of hydrogen-bond acceptors (Lipinski definition) is 15. The van der Waals surface area contributed by atoms with E-state index in [-0.39, 0.29) is 25.7 Å². The van der Waals surface area contributed by atoms with Crippen LogP contribution in [0.4, 0.5) is 0 Å². The molecular formula is C80H156O17P2. The van der Waals surface area contributed by atoms with Crippen LogP contribution in [-0.2, 0) is 65.4 Å². The van der Waals surface area contributed by atoms with Crippen molar-refractivity contribution in [3.05, 3.63) is 0 Å². The predicted molar refractivity (Wildman–Crippen MR) is 405 cm³/mol. The van der Waals surface area contributed by atoms with Gasteiger partial charge in [-0.05, 0) is 37.5 Å². The molecule has 0 spiro atoms. The normalized spacial score (nSPS) is 14.2. The van der Waals surface area contributed by atoms with E-state index < -0.39 is 97.5 Å². The minimum Gasteiger partial charge on any atom is -0.462 e. The van der Waals surface area contributed by atoms with Crippen LogP contribution in [0.1, 0.15) is 420 Å². The number of aliphatic hydroxyl groups excluding tert-OH is 1. The summed E-state index contributed by atoms with van der Waals surface area (Å²) >= 11 is 0. The predicted octanol–water partition coefficient (Wildman–Crippen LogP) is 23.9. The van der Waals surface area contributed by atoms with Gasteiger partial charge in [0, 0.05) is 25.7 Å². The van der Waals surface area contributed by atoms with Crippen LogP contribution in [0, 0.1) is 11.8 Å². The summed E-state index contributed by atoms with van der Waals surface area (Å²) in [6.45, 7) is 9.60. The molecule has 0 fully saturated rings. The molecule has 0 aromatic heterocycles. The van der Waals surface area contributed by atoms with E-state index in [0.717, 1.165) is 102 Å². The second-order valence-electron chi connectivity index (χ2n) is 29.5. The molecule has 588 valence electrons. The van der Waals surface area contributed by atoms with Crippen molar-refractivity contribution in [3.63, 3.8) is 0 Å². The van der Waals surface area contributed by atoms with Gasteiger partial charge in [0.05, 0.1) is 26.4 Å². The van der Waals surface area contributed by atoms with Crippen molar-refractivity contribution in [3.8, 4) is 0 Å². The van der Waals surface area contributed by atoms with Gasteiger partial charge in [-0.25, -0.2) is 9.13 Å². The van der Waals surface area contributed by atoms with Gasteiger partial charge in [-0.15, -0.1) is 0 Å². The van der Waals surface area contributed by atoms with E-state index in [1.54, 1.807) is 0 Å². The van der Waals surface area contributed by atoms with Crippen LogP contribution >= 0.6 is 15.6 Å². The van der Waals surface area contributed by atoms with Gasteiger partial charge in [0.1, 0.15) is 19.3 Å². The van der Waals surface area contributed by atoms with Gasteiger partial charge in [-0.3, -0.25) is 37.3 Å². The maximum atomic E-state index is 13.1. The second kappa shape index (κ2) is 71.7. The standard InChI is InChI=1S/C80H156O17P2/c1-7-10-12-14-16-18-20-22-23-24-25-26-27-28-29-30-32-34-38-46-52-58-64-79(84)96-75(68-90-77(82)62-56-50-44-37-33-31-21-19-17-15-13-11-8-2)70-94-98(86,87)92-66-74(81)67-93-99(88,89)95-71-76(97-80(85)65-59-53-47-39-35-36-42-48-54-60-72(4)5)69-91-78(83)63-57-51-45-41-40-43-49-55-61-73(6)9-3/h72-76,81H,7-71H2,1-6H3,(H,86,87)(H,88,89)/t73?,74-,75-,76-/m1/s1. The minimum atomic E-state index is -4.96. The van der Waals surface area contributed by atoms with Gasteiger partial charge in [0.2, 0.25) is 0 Å². The summed E-state index contributed by atoms with van der Waals surface area (Å²) in [5.41, 5.74) is 0. The maximum absolute atomic E-state index is 13.1. The van der Waals surface area contributed by atoms with Gasteiger partial charge in [-0.2, -0.15) is 0 Å². The lowest BCUT2D eigenvalue weighted by Gasteiger charge is -2.21. The summed E-state index contributed by atoms with van der Waals surface area (Å²) < 4.78 is 68.7. The minimum absolute atomic E-state index is 0.105. The molecule has 0 rings (SSSR count). The molecule has 17 nitrogen and oxygen atoms in total. The molecule has 0 saturated carbocycles. The molecule has 0 saturated heterocycles. The molecule has 0 aliphatic heterocycles. The zero-order chi connectivity index (χ0) is 72.8. The SMILES string of the molecule is CCCCCCCCCCCCCCCCCCCCCCCCC(=O)O[C@H](COC(=O)CCCCCCCCCCCCCCC)COP(=O)(O)OC[C@@H](O)COP(=O)(O)OC[C@@H](COC(=O)CCCCCCCCCCC(C)CC)OC(=O)CCCCCCCCCCCC(C)C. The van der Waals surface area contributed by atoms with Gasteiger partial charge in [-0.1, -0.05) is 369 Å². The van der Waals surface area contributed by atoms with E-state index in [0.29, 0.717) is 25.7 Å². The molecule has 0 aromatic rings. The number of phosphoric ester groups is 2. The smallest absolute Gasteiger partial charge is 0.462 e. The van der Waals surface area contributed by atoms with E-state index >= 15 is 0 Å². The van der Waals surface area contributed by atoms with Crippen molar-refractivity contribution < 1.29 is 80.2 Å². The Balaban J connectivity index is 5.20. The molecule has 0 aromatic carbocycles. The Bertz CT molecular complexity index is 1910. The summed E-state index contributed by atoms with van der Waals surface area (Å²) in [5.74, 6) is -0.598. The first kappa shape index (κ1) is 97.1. The number of carbonyl (C=O) groups excluding carboxylic acids is 4. The average molecular weight is 1450 g/mol. The largest absolute Gasteiger partial charge is 0.472 e.